The zero-order chi connectivity index (χ0) is 13.6. The van der Waals surface area contributed by atoms with E-state index in [4.69, 9.17) is 4.74 Å². The SMILES string of the molecule is CC#CC(=O)N1CC[C@@](CNCC(C)C)(OC)C1. The largest absolute Gasteiger partial charge is 0.375 e. The van der Waals surface area contributed by atoms with Crippen molar-refractivity contribution in [3.05, 3.63) is 0 Å². The fourth-order valence-electron chi connectivity index (χ4n) is 2.18. The molecule has 1 saturated heterocycles. The van der Waals surface area contributed by atoms with Crippen molar-refractivity contribution in [1.82, 2.24) is 10.2 Å². The Morgan fingerprint density at radius 2 is 2.28 bits per heavy atom. The van der Waals surface area contributed by atoms with Crippen LogP contribution in [0.4, 0.5) is 0 Å². The van der Waals surface area contributed by atoms with Crippen molar-refractivity contribution in [2.24, 2.45) is 5.92 Å². The Labute approximate surface area is 110 Å². The van der Waals surface area contributed by atoms with E-state index in [2.05, 4.69) is 31.0 Å². The van der Waals surface area contributed by atoms with Gasteiger partial charge in [-0.3, -0.25) is 4.79 Å². The van der Waals surface area contributed by atoms with E-state index in [1.54, 1.807) is 18.9 Å². The number of hydrogen-bond acceptors (Lipinski definition) is 3. The number of nitrogens with zero attached hydrogens (tertiary/aromatic N) is 1. The Balaban J connectivity index is 2.52. The van der Waals surface area contributed by atoms with Crippen molar-refractivity contribution in [3.63, 3.8) is 0 Å². The van der Waals surface area contributed by atoms with Crippen LogP contribution in [0.15, 0.2) is 0 Å². The molecule has 1 rings (SSSR count). The van der Waals surface area contributed by atoms with Gasteiger partial charge in [-0.05, 0) is 31.7 Å². The molecule has 1 N–H and O–H groups in total. The molecule has 0 aromatic rings. The monoisotopic (exact) mass is 252 g/mol. The molecule has 0 aliphatic carbocycles. The predicted molar refractivity (Wildman–Crippen MR) is 72.1 cm³/mol. The number of likely N-dealkylation sites (tertiary alicyclic amines) is 1. The van der Waals surface area contributed by atoms with E-state index >= 15 is 0 Å². The maximum atomic E-state index is 11.7. The number of ether oxygens (including phenoxy) is 1. The summed E-state index contributed by atoms with van der Waals surface area (Å²) in [6, 6.07) is 0. The Bertz CT molecular complexity index is 343. The summed E-state index contributed by atoms with van der Waals surface area (Å²) in [5.41, 5.74) is -0.250. The third-order valence-electron chi connectivity index (χ3n) is 3.27. The first-order valence-electron chi connectivity index (χ1n) is 6.50. The standard InChI is InChI=1S/C14H24N2O2/c1-5-6-13(17)16-8-7-14(11-16,18-4)10-15-9-12(2)3/h12,15H,7-11H2,1-4H3/t14-/m0/s1. The lowest BCUT2D eigenvalue weighted by molar-refractivity contribution is -0.125. The summed E-state index contributed by atoms with van der Waals surface area (Å²) in [6.07, 6.45) is 0.867. The molecule has 0 spiro atoms. The Hall–Kier alpha value is -1.05. The number of hydrogen-bond donors (Lipinski definition) is 1. The van der Waals surface area contributed by atoms with Crippen molar-refractivity contribution < 1.29 is 9.53 Å². The highest BCUT2D eigenvalue weighted by Crippen LogP contribution is 2.24. The van der Waals surface area contributed by atoms with E-state index in [-0.39, 0.29) is 11.5 Å². The molecule has 1 amide bonds. The van der Waals surface area contributed by atoms with Gasteiger partial charge in [0.25, 0.3) is 5.91 Å². The molecule has 4 heteroatoms. The molecule has 0 saturated carbocycles. The van der Waals surface area contributed by atoms with Crippen LogP contribution in [0.2, 0.25) is 0 Å². The number of rotatable bonds is 5. The summed E-state index contributed by atoms with van der Waals surface area (Å²) in [5, 5.41) is 3.41. The van der Waals surface area contributed by atoms with Gasteiger partial charge in [-0.15, -0.1) is 0 Å². The van der Waals surface area contributed by atoms with E-state index in [1.807, 2.05) is 0 Å². The Morgan fingerprint density at radius 1 is 1.56 bits per heavy atom. The molecule has 102 valence electrons. The summed E-state index contributed by atoms with van der Waals surface area (Å²) in [6.45, 7) is 9.13. The van der Waals surface area contributed by atoms with Crippen molar-refractivity contribution >= 4 is 5.91 Å². The summed E-state index contributed by atoms with van der Waals surface area (Å²) in [7, 11) is 1.72. The van der Waals surface area contributed by atoms with E-state index in [0.717, 1.165) is 26.1 Å². The highest BCUT2D eigenvalue weighted by Gasteiger charge is 2.39. The van der Waals surface area contributed by atoms with Crippen LogP contribution >= 0.6 is 0 Å². The molecule has 0 radical (unpaired) electrons. The zero-order valence-corrected chi connectivity index (χ0v) is 11.9. The van der Waals surface area contributed by atoms with Crippen molar-refractivity contribution in [2.45, 2.75) is 32.8 Å². The van der Waals surface area contributed by atoms with Crippen LogP contribution in [0.1, 0.15) is 27.2 Å². The van der Waals surface area contributed by atoms with Crippen molar-refractivity contribution in [3.8, 4) is 11.8 Å². The van der Waals surface area contributed by atoms with Gasteiger partial charge >= 0.3 is 0 Å². The molecule has 4 nitrogen and oxygen atoms in total. The van der Waals surface area contributed by atoms with Gasteiger partial charge < -0.3 is 15.0 Å². The van der Waals surface area contributed by atoms with Crippen molar-refractivity contribution in [2.75, 3.05) is 33.3 Å². The lowest BCUT2D eigenvalue weighted by Gasteiger charge is -2.28. The number of amides is 1. The van der Waals surface area contributed by atoms with Gasteiger partial charge in [-0.25, -0.2) is 0 Å². The molecule has 1 atom stereocenters. The van der Waals surface area contributed by atoms with Gasteiger partial charge in [0.05, 0.1) is 12.1 Å². The molecule has 1 fully saturated rings. The topological polar surface area (TPSA) is 41.6 Å². The first-order chi connectivity index (χ1) is 8.53. The quantitative estimate of drug-likeness (QED) is 0.738. The lowest BCUT2D eigenvalue weighted by atomic mass is 10.0. The van der Waals surface area contributed by atoms with Crippen LogP contribution in [0.3, 0.4) is 0 Å². The summed E-state index contributed by atoms with van der Waals surface area (Å²) in [4.78, 5) is 13.5. The highest BCUT2D eigenvalue weighted by molar-refractivity contribution is 5.93. The van der Waals surface area contributed by atoms with Crippen LogP contribution in [0.25, 0.3) is 0 Å². The van der Waals surface area contributed by atoms with E-state index in [0.29, 0.717) is 12.5 Å². The minimum absolute atomic E-state index is 0.0970. The zero-order valence-electron chi connectivity index (χ0n) is 11.9. The minimum atomic E-state index is -0.250. The lowest BCUT2D eigenvalue weighted by Crippen LogP contribution is -2.46. The second-order valence-electron chi connectivity index (χ2n) is 5.26. The molecule has 1 aliphatic rings. The van der Waals surface area contributed by atoms with E-state index in [9.17, 15) is 4.79 Å². The second kappa shape index (κ2) is 6.77. The molecule has 0 aromatic heterocycles. The fraction of sp³-hybridized carbons (Fsp3) is 0.786. The fourth-order valence-corrected chi connectivity index (χ4v) is 2.18. The van der Waals surface area contributed by atoms with Gasteiger partial charge in [0, 0.05) is 20.2 Å². The van der Waals surface area contributed by atoms with Gasteiger partial charge in [0.2, 0.25) is 0 Å². The van der Waals surface area contributed by atoms with Gasteiger partial charge in [-0.1, -0.05) is 19.8 Å². The Morgan fingerprint density at radius 3 is 2.83 bits per heavy atom. The summed E-state index contributed by atoms with van der Waals surface area (Å²) in [5.74, 6) is 5.75. The third-order valence-corrected chi connectivity index (χ3v) is 3.27. The summed E-state index contributed by atoms with van der Waals surface area (Å²) < 4.78 is 5.63. The molecule has 0 bridgehead atoms. The molecule has 1 heterocycles. The second-order valence-corrected chi connectivity index (χ2v) is 5.26. The first-order valence-corrected chi connectivity index (χ1v) is 6.50. The van der Waals surface area contributed by atoms with E-state index < -0.39 is 0 Å². The summed E-state index contributed by atoms with van der Waals surface area (Å²) >= 11 is 0. The van der Waals surface area contributed by atoms with Gasteiger partial charge in [0.1, 0.15) is 0 Å². The normalized spacial score (nSPS) is 23.1. The minimum Gasteiger partial charge on any atom is -0.375 e. The van der Waals surface area contributed by atoms with Crippen LogP contribution in [0, 0.1) is 17.8 Å². The number of carbonyl (C=O) groups excluding carboxylic acids is 1. The maximum absolute atomic E-state index is 11.7. The van der Waals surface area contributed by atoms with E-state index in [1.165, 1.54) is 0 Å². The van der Waals surface area contributed by atoms with Gasteiger partial charge in [0.15, 0.2) is 0 Å². The number of carbonyl (C=O) groups is 1. The molecule has 0 unspecified atom stereocenters. The van der Waals surface area contributed by atoms with Gasteiger partial charge in [-0.2, -0.15) is 0 Å². The molecule has 1 aliphatic heterocycles. The third kappa shape index (κ3) is 4.01. The Kier molecular flexibility index (Phi) is 5.64. The van der Waals surface area contributed by atoms with Crippen molar-refractivity contribution in [1.29, 1.82) is 0 Å². The van der Waals surface area contributed by atoms with Crippen LogP contribution in [-0.2, 0) is 9.53 Å². The smallest absolute Gasteiger partial charge is 0.298 e. The first kappa shape index (κ1) is 15.0. The van der Waals surface area contributed by atoms with Crippen LogP contribution in [-0.4, -0.2) is 49.7 Å². The average molecular weight is 252 g/mol. The molecular formula is C14H24N2O2. The van der Waals surface area contributed by atoms with Crippen LogP contribution in [0.5, 0.6) is 0 Å². The number of nitrogens with one attached hydrogen (secondary N) is 1. The molecule has 18 heavy (non-hydrogen) atoms. The highest BCUT2D eigenvalue weighted by atomic mass is 16.5. The maximum Gasteiger partial charge on any atom is 0.298 e. The average Bonchev–Trinajstić information content (AvgIpc) is 2.74. The molecule has 0 aromatic carbocycles. The van der Waals surface area contributed by atoms with Crippen LogP contribution < -0.4 is 5.32 Å². The molecular weight excluding hydrogens is 228 g/mol. The number of methoxy groups -OCH3 is 1. The predicted octanol–water partition coefficient (Wildman–Crippen LogP) is 0.873.